The summed E-state index contributed by atoms with van der Waals surface area (Å²) >= 11 is 1.65. The first-order valence-electron chi connectivity index (χ1n) is 8.54. The molecule has 0 saturated carbocycles. The second kappa shape index (κ2) is 5.97. The minimum absolute atomic E-state index is 0.696. The van der Waals surface area contributed by atoms with Gasteiger partial charge in [0.05, 0.1) is 22.8 Å². The minimum atomic E-state index is 0.696. The molecule has 0 amide bonds. The Hall–Kier alpha value is -3.17. The highest BCUT2D eigenvalue weighted by atomic mass is 32.1. The zero-order valence-corrected chi connectivity index (χ0v) is 14.8. The third kappa shape index (κ3) is 2.21. The quantitative estimate of drug-likeness (QED) is 0.438. The zero-order chi connectivity index (χ0) is 17.5. The van der Waals surface area contributed by atoms with E-state index >= 15 is 0 Å². The monoisotopic (exact) mass is 357 g/mol. The van der Waals surface area contributed by atoms with E-state index in [2.05, 4.69) is 16.6 Å². The van der Waals surface area contributed by atoms with E-state index < -0.39 is 0 Å². The summed E-state index contributed by atoms with van der Waals surface area (Å²) in [6, 6.07) is 14.4. The number of imidazole rings is 1. The molecule has 3 heterocycles. The number of fused-ring (bicyclic) bond motifs is 4. The Morgan fingerprint density at radius 1 is 1.19 bits per heavy atom. The number of hydrazone groups is 1. The SMILES string of the molecule is N#Cc1c2c(c(N/N=C/c3cccs3)n3c1nc1ccccc13)CCC2. The molecule has 0 bridgehead atoms. The summed E-state index contributed by atoms with van der Waals surface area (Å²) in [6.07, 6.45) is 4.75. The number of nitrogens with one attached hydrogen (secondary N) is 1. The molecule has 6 heteroatoms. The van der Waals surface area contributed by atoms with Crippen LogP contribution in [-0.4, -0.2) is 15.6 Å². The second-order valence-electron chi connectivity index (χ2n) is 6.29. The number of benzene rings is 1. The molecular weight excluding hydrogens is 342 g/mol. The van der Waals surface area contributed by atoms with Crippen LogP contribution < -0.4 is 5.43 Å². The topological polar surface area (TPSA) is 65.5 Å². The van der Waals surface area contributed by atoms with Crippen molar-refractivity contribution in [3.8, 4) is 6.07 Å². The highest BCUT2D eigenvalue weighted by Crippen LogP contribution is 2.36. The van der Waals surface area contributed by atoms with E-state index in [9.17, 15) is 5.26 Å². The maximum absolute atomic E-state index is 9.76. The van der Waals surface area contributed by atoms with Crippen LogP contribution in [0.5, 0.6) is 0 Å². The van der Waals surface area contributed by atoms with Crippen LogP contribution in [-0.2, 0) is 12.8 Å². The summed E-state index contributed by atoms with van der Waals surface area (Å²) in [5.74, 6) is 0.924. The number of nitrogens with zero attached hydrogens (tertiary/aromatic N) is 4. The van der Waals surface area contributed by atoms with Gasteiger partial charge in [-0.1, -0.05) is 18.2 Å². The first-order valence-corrected chi connectivity index (χ1v) is 9.42. The van der Waals surface area contributed by atoms with Crippen molar-refractivity contribution in [1.82, 2.24) is 9.38 Å². The van der Waals surface area contributed by atoms with Crippen LogP contribution in [0.25, 0.3) is 16.7 Å². The van der Waals surface area contributed by atoms with E-state index in [0.717, 1.165) is 46.6 Å². The average molecular weight is 357 g/mol. The molecule has 0 radical (unpaired) electrons. The smallest absolute Gasteiger partial charge is 0.157 e. The molecule has 5 rings (SSSR count). The molecule has 4 aromatic rings. The largest absolute Gasteiger partial charge is 0.276 e. The number of anilines is 1. The summed E-state index contributed by atoms with van der Waals surface area (Å²) < 4.78 is 2.05. The number of thiophene rings is 1. The van der Waals surface area contributed by atoms with Crippen molar-refractivity contribution in [1.29, 1.82) is 5.26 Å². The van der Waals surface area contributed by atoms with Gasteiger partial charge in [0.25, 0.3) is 0 Å². The van der Waals surface area contributed by atoms with E-state index in [1.165, 1.54) is 5.56 Å². The maximum Gasteiger partial charge on any atom is 0.157 e. The molecule has 126 valence electrons. The Balaban J connectivity index is 1.77. The maximum atomic E-state index is 9.76. The Bertz CT molecular complexity index is 1190. The normalized spacial score (nSPS) is 13.5. The van der Waals surface area contributed by atoms with Crippen molar-refractivity contribution in [3.63, 3.8) is 0 Å². The minimum Gasteiger partial charge on any atom is -0.276 e. The van der Waals surface area contributed by atoms with Crippen molar-refractivity contribution >= 4 is 40.0 Å². The van der Waals surface area contributed by atoms with E-state index in [-0.39, 0.29) is 0 Å². The van der Waals surface area contributed by atoms with Gasteiger partial charge >= 0.3 is 0 Å². The van der Waals surface area contributed by atoms with Gasteiger partial charge in [-0.3, -0.25) is 9.83 Å². The molecule has 1 aromatic carbocycles. The number of hydrogen-bond acceptors (Lipinski definition) is 5. The van der Waals surface area contributed by atoms with E-state index in [4.69, 9.17) is 4.98 Å². The molecule has 0 aliphatic heterocycles. The molecule has 1 aliphatic rings. The lowest BCUT2D eigenvalue weighted by atomic mass is 10.1. The van der Waals surface area contributed by atoms with Gasteiger partial charge < -0.3 is 0 Å². The van der Waals surface area contributed by atoms with Crippen LogP contribution >= 0.6 is 11.3 Å². The fourth-order valence-corrected chi connectivity index (χ4v) is 4.31. The molecule has 0 atom stereocenters. The van der Waals surface area contributed by atoms with Crippen LogP contribution in [0.1, 0.15) is 28.0 Å². The van der Waals surface area contributed by atoms with Gasteiger partial charge in [-0.05, 0) is 54.0 Å². The molecule has 1 N–H and O–H groups in total. The average Bonchev–Trinajstić information content (AvgIpc) is 3.40. The van der Waals surface area contributed by atoms with Crippen molar-refractivity contribution < 1.29 is 0 Å². The van der Waals surface area contributed by atoms with Gasteiger partial charge in [0.15, 0.2) is 5.65 Å². The lowest BCUT2D eigenvalue weighted by molar-refractivity contribution is 0.909. The van der Waals surface area contributed by atoms with Gasteiger partial charge in [0, 0.05) is 4.88 Å². The van der Waals surface area contributed by atoms with Crippen LogP contribution in [0.4, 0.5) is 5.82 Å². The Morgan fingerprint density at radius 2 is 2.08 bits per heavy atom. The standard InChI is InChI=1S/C20H15N5S/c21-11-16-14-6-3-7-15(14)20(24-22-12-13-5-4-10-26-13)25-18-9-2-1-8-17(18)23-19(16)25/h1-2,4-5,8-10,12,24H,3,6-7H2/b22-12+. The highest BCUT2D eigenvalue weighted by Gasteiger charge is 2.25. The van der Waals surface area contributed by atoms with Gasteiger partial charge in [-0.15, -0.1) is 11.3 Å². The van der Waals surface area contributed by atoms with Gasteiger partial charge in [-0.25, -0.2) is 4.98 Å². The van der Waals surface area contributed by atoms with Crippen molar-refractivity contribution in [2.75, 3.05) is 5.43 Å². The van der Waals surface area contributed by atoms with Crippen molar-refractivity contribution in [2.45, 2.75) is 19.3 Å². The summed E-state index contributed by atoms with van der Waals surface area (Å²) in [7, 11) is 0. The predicted molar refractivity (Wildman–Crippen MR) is 105 cm³/mol. The van der Waals surface area contributed by atoms with Crippen LogP contribution in [0, 0.1) is 11.3 Å². The number of aromatic nitrogens is 2. The third-order valence-corrected chi connectivity index (χ3v) is 5.64. The van der Waals surface area contributed by atoms with Gasteiger partial charge in [0.1, 0.15) is 11.9 Å². The molecule has 26 heavy (non-hydrogen) atoms. The fourth-order valence-electron chi connectivity index (χ4n) is 3.73. The molecule has 5 nitrogen and oxygen atoms in total. The first-order chi connectivity index (χ1) is 12.9. The number of pyridine rings is 1. The van der Waals surface area contributed by atoms with Gasteiger partial charge in [-0.2, -0.15) is 10.4 Å². The van der Waals surface area contributed by atoms with E-state index in [0.29, 0.717) is 11.2 Å². The fraction of sp³-hybridized carbons (Fsp3) is 0.150. The second-order valence-corrected chi connectivity index (χ2v) is 7.27. The highest BCUT2D eigenvalue weighted by molar-refractivity contribution is 7.11. The molecule has 3 aromatic heterocycles. The third-order valence-electron chi connectivity index (χ3n) is 4.83. The predicted octanol–water partition coefficient (Wildman–Crippen LogP) is 4.36. The molecule has 0 spiro atoms. The molecule has 1 aliphatic carbocycles. The number of rotatable bonds is 3. The summed E-state index contributed by atoms with van der Waals surface area (Å²) in [5, 5.41) is 16.3. The van der Waals surface area contributed by atoms with Crippen LogP contribution in [0.3, 0.4) is 0 Å². The lowest BCUT2D eigenvalue weighted by Crippen LogP contribution is -2.06. The van der Waals surface area contributed by atoms with Crippen LogP contribution in [0.15, 0.2) is 46.9 Å². The van der Waals surface area contributed by atoms with Gasteiger partial charge in [0.2, 0.25) is 0 Å². The molecule has 0 saturated heterocycles. The Kier molecular flexibility index (Phi) is 3.47. The zero-order valence-electron chi connectivity index (χ0n) is 13.9. The van der Waals surface area contributed by atoms with Crippen LogP contribution in [0.2, 0.25) is 0 Å². The Labute approximate surface area is 154 Å². The Morgan fingerprint density at radius 3 is 2.92 bits per heavy atom. The van der Waals surface area contributed by atoms with E-state index in [1.54, 1.807) is 11.3 Å². The van der Waals surface area contributed by atoms with E-state index in [1.807, 2.05) is 52.4 Å². The lowest BCUT2D eigenvalue weighted by Gasteiger charge is -2.13. The first kappa shape index (κ1) is 15.1. The molecule has 0 unspecified atom stereocenters. The van der Waals surface area contributed by atoms with Crippen molar-refractivity contribution in [3.05, 3.63) is 63.3 Å². The summed E-state index contributed by atoms with van der Waals surface area (Å²) in [4.78, 5) is 5.82. The molecular formula is C20H15N5S. The number of hydrogen-bond donors (Lipinski definition) is 1. The summed E-state index contributed by atoms with van der Waals surface area (Å²) in [6.45, 7) is 0. The summed E-state index contributed by atoms with van der Waals surface area (Å²) in [5.41, 5.74) is 8.82. The number of nitriles is 1. The molecule has 0 fully saturated rings. The number of para-hydroxylation sites is 2. The van der Waals surface area contributed by atoms with Crippen molar-refractivity contribution in [2.24, 2.45) is 5.10 Å².